The van der Waals surface area contributed by atoms with Crippen LogP contribution in [0.5, 0.6) is 0 Å². The van der Waals surface area contributed by atoms with Crippen molar-refractivity contribution in [3.05, 3.63) is 12.2 Å². The lowest BCUT2D eigenvalue weighted by molar-refractivity contribution is 0.852. The van der Waals surface area contributed by atoms with Gasteiger partial charge in [0.2, 0.25) is 0 Å². The fraction of sp³-hybridized carbons (Fsp3) is 0.571. The monoisotopic (exact) mass is 141 g/mol. The van der Waals surface area contributed by atoms with Gasteiger partial charge in [-0.05, 0) is 19.8 Å². The molecule has 3 nitrogen and oxygen atoms in total. The minimum absolute atomic E-state index is 0.181. The van der Waals surface area contributed by atoms with E-state index in [2.05, 4.69) is 11.1 Å². The van der Waals surface area contributed by atoms with Gasteiger partial charge in [-0.25, -0.2) is 0 Å². The van der Waals surface area contributed by atoms with E-state index >= 15 is 0 Å². The zero-order chi connectivity index (χ0) is 7.82. The van der Waals surface area contributed by atoms with Gasteiger partial charge in [-0.2, -0.15) is 0 Å². The predicted octanol–water partition coefficient (Wildman–Crippen LogP) is 0.616. The SMILES string of the molecule is CC=CCCCN=C(N)N. The molecule has 0 spiro atoms. The van der Waals surface area contributed by atoms with Crippen LogP contribution in [-0.2, 0) is 0 Å². The molecule has 3 heteroatoms. The average Bonchev–Trinajstić information content (AvgIpc) is 1.87. The topological polar surface area (TPSA) is 64.4 Å². The summed E-state index contributed by atoms with van der Waals surface area (Å²) in [6.07, 6.45) is 6.19. The highest BCUT2D eigenvalue weighted by atomic mass is 15.0. The first-order valence-electron chi connectivity index (χ1n) is 3.44. The Kier molecular flexibility index (Phi) is 5.53. The van der Waals surface area contributed by atoms with E-state index in [4.69, 9.17) is 11.5 Å². The van der Waals surface area contributed by atoms with E-state index in [9.17, 15) is 0 Å². The normalized spacial score (nSPS) is 10.1. The molecule has 0 aliphatic heterocycles. The van der Waals surface area contributed by atoms with Crippen LogP contribution in [0.15, 0.2) is 17.1 Å². The first kappa shape index (κ1) is 9.01. The molecule has 58 valence electrons. The number of nitrogens with two attached hydrogens (primary N) is 2. The second-order valence-corrected chi connectivity index (χ2v) is 2.02. The lowest BCUT2D eigenvalue weighted by Crippen LogP contribution is -2.22. The maximum atomic E-state index is 5.12. The van der Waals surface area contributed by atoms with E-state index in [-0.39, 0.29) is 5.96 Å². The van der Waals surface area contributed by atoms with E-state index in [0.717, 1.165) is 19.4 Å². The zero-order valence-corrected chi connectivity index (χ0v) is 6.38. The lowest BCUT2D eigenvalue weighted by atomic mass is 10.3. The number of unbranched alkanes of at least 4 members (excludes halogenated alkanes) is 1. The Bertz CT molecular complexity index is 123. The van der Waals surface area contributed by atoms with Crippen molar-refractivity contribution >= 4 is 5.96 Å². The number of hydrogen-bond acceptors (Lipinski definition) is 1. The average molecular weight is 141 g/mol. The number of guanidine groups is 1. The van der Waals surface area contributed by atoms with Crippen molar-refractivity contribution in [2.45, 2.75) is 19.8 Å². The van der Waals surface area contributed by atoms with Gasteiger partial charge in [0, 0.05) is 6.54 Å². The standard InChI is InChI=1S/C7H15N3/c1-2-3-4-5-6-10-7(8)9/h2-3H,4-6H2,1H3,(H4,8,9,10). The van der Waals surface area contributed by atoms with Crippen molar-refractivity contribution in [1.29, 1.82) is 0 Å². The van der Waals surface area contributed by atoms with E-state index in [1.165, 1.54) is 0 Å². The maximum absolute atomic E-state index is 5.12. The van der Waals surface area contributed by atoms with Gasteiger partial charge < -0.3 is 11.5 Å². The Labute approximate surface area is 61.8 Å². The molecule has 0 amide bonds. The van der Waals surface area contributed by atoms with Crippen molar-refractivity contribution in [3.63, 3.8) is 0 Å². The fourth-order valence-electron chi connectivity index (χ4n) is 0.584. The van der Waals surface area contributed by atoms with Crippen LogP contribution >= 0.6 is 0 Å². The fourth-order valence-corrected chi connectivity index (χ4v) is 0.584. The summed E-state index contributed by atoms with van der Waals surface area (Å²) in [6, 6.07) is 0. The molecule has 0 aliphatic rings. The predicted molar refractivity (Wildman–Crippen MR) is 44.7 cm³/mol. The van der Waals surface area contributed by atoms with E-state index in [1.807, 2.05) is 13.0 Å². The molecule has 4 N–H and O–H groups in total. The number of hydrogen-bond donors (Lipinski definition) is 2. The zero-order valence-electron chi connectivity index (χ0n) is 6.38. The molecule has 0 bridgehead atoms. The van der Waals surface area contributed by atoms with Crippen LogP contribution in [0, 0.1) is 0 Å². The van der Waals surface area contributed by atoms with Gasteiger partial charge in [0.1, 0.15) is 0 Å². The first-order valence-corrected chi connectivity index (χ1v) is 3.44. The van der Waals surface area contributed by atoms with Gasteiger partial charge >= 0.3 is 0 Å². The van der Waals surface area contributed by atoms with Crippen LogP contribution in [-0.4, -0.2) is 12.5 Å². The minimum Gasteiger partial charge on any atom is -0.370 e. The minimum atomic E-state index is 0.181. The van der Waals surface area contributed by atoms with Gasteiger partial charge in [-0.1, -0.05) is 12.2 Å². The van der Waals surface area contributed by atoms with Crippen molar-refractivity contribution in [2.75, 3.05) is 6.54 Å². The summed E-state index contributed by atoms with van der Waals surface area (Å²) in [6.45, 7) is 2.73. The molecule has 0 aliphatic carbocycles. The van der Waals surface area contributed by atoms with Gasteiger partial charge in [-0.3, -0.25) is 4.99 Å². The summed E-state index contributed by atoms with van der Waals surface area (Å²) in [7, 11) is 0. The maximum Gasteiger partial charge on any atom is 0.185 e. The molecular formula is C7H15N3. The first-order chi connectivity index (χ1) is 4.77. The Morgan fingerprint density at radius 1 is 1.50 bits per heavy atom. The van der Waals surface area contributed by atoms with Crippen LogP contribution in [0.25, 0.3) is 0 Å². The Balaban J connectivity index is 3.13. The third kappa shape index (κ3) is 7.01. The number of rotatable bonds is 4. The summed E-state index contributed by atoms with van der Waals surface area (Å²) < 4.78 is 0. The molecule has 0 aromatic carbocycles. The molecule has 0 atom stereocenters. The number of allylic oxidation sites excluding steroid dienone is 2. The van der Waals surface area contributed by atoms with Crippen molar-refractivity contribution in [2.24, 2.45) is 16.5 Å². The van der Waals surface area contributed by atoms with Crippen LogP contribution in [0.1, 0.15) is 19.8 Å². The second kappa shape index (κ2) is 6.13. The molecule has 0 aromatic rings. The molecule has 0 saturated carbocycles. The summed E-state index contributed by atoms with van der Waals surface area (Å²) in [5.74, 6) is 0.181. The third-order valence-electron chi connectivity index (χ3n) is 1.06. The molecule has 0 rings (SSSR count). The van der Waals surface area contributed by atoms with Gasteiger partial charge in [0.15, 0.2) is 5.96 Å². The highest BCUT2D eigenvalue weighted by molar-refractivity contribution is 5.75. The molecule has 0 fully saturated rings. The summed E-state index contributed by atoms with van der Waals surface area (Å²) in [4.78, 5) is 3.83. The molecule has 0 heterocycles. The van der Waals surface area contributed by atoms with Crippen LogP contribution < -0.4 is 11.5 Å². The van der Waals surface area contributed by atoms with Crippen molar-refractivity contribution in [3.8, 4) is 0 Å². The molecule has 0 radical (unpaired) electrons. The summed E-state index contributed by atoms with van der Waals surface area (Å²) in [5.41, 5.74) is 10.2. The van der Waals surface area contributed by atoms with Crippen molar-refractivity contribution in [1.82, 2.24) is 0 Å². The molecular weight excluding hydrogens is 126 g/mol. The smallest absolute Gasteiger partial charge is 0.185 e. The van der Waals surface area contributed by atoms with E-state index in [1.54, 1.807) is 0 Å². The highest BCUT2D eigenvalue weighted by Gasteiger charge is 1.81. The molecule has 0 aromatic heterocycles. The molecule has 10 heavy (non-hydrogen) atoms. The lowest BCUT2D eigenvalue weighted by Gasteiger charge is -1.91. The Morgan fingerprint density at radius 2 is 2.20 bits per heavy atom. The molecule has 0 saturated heterocycles. The Hall–Kier alpha value is -0.990. The van der Waals surface area contributed by atoms with Crippen molar-refractivity contribution < 1.29 is 0 Å². The molecule has 0 unspecified atom stereocenters. The second-order valence-electron chi connectivity index (χ2n) is 2.02. The van der Waals surface area contributed by atoms with E-state index in [0.29, 0.717) is 0 Å². The largest absolute Gasteiger partial charge is 0.370 e. The van der Waals surface area contributed by atoms with Gasteiger partial charge in [0.25, 0.3) is 0 Å². The van der Waals surface area contributed by atoms with Crippen LogP contribution in [0.4, 0.5) is 0 Å². The number of aliphatic imine (C=N–C) groups is 1. The van der Waals surface area contributed by atoms with E-state index < -0.39 is 0 Å². The highest BCUT2D eigenvalue weighted by Crippen LogP contribution is 1.90. The third-order valence-corrected chi connectivity index (χ3v) is 1.06. The Morgan fingerprint density at radius 3 is 2.70 bits per heavy atom. The summed E-state index contributed by atoms with van der Waals surface area (Å²) in [5, 5.41) is 0. The van der Waals surface area contributed by atoms with Gasteiger partial charge in [0.05, 0.1) is 0 Å². The van der Waals surface area contributed by atoms with Gasteiger partial charge in [-0.15, -0.1) is 0 Å². The van der Waals surface area contributed by atoms with Crippen LogP contribution in [0.3, 0.4) is 0 Å². The quantitative estimate of drug-likeness (QED) is 0.261. The number of nitrogens with zero attached hydrogens (tertiary/aromatic N) is 1. The summed E-state index contributed by atoms with van der Waals surface area (Å²) >= 11 is 0. The van der Waals surface area contributed by atoms with Crippen LogP contribution in [0.2, 0.25) is 0 Å².